The van der Waals surface area contributed by atoms with Gasteiger partial charge in [0, 0.05) is 819 Å². The maximum atomic E-state index is 6.29. The molecule has 2 aliphatic carbocycles. The van der Waals surface area contributed by atoms with Crippen molar-refractivity contribution in [3.63, 3.8) is 0 Å². The zero-order chi connectivity index (χ0) is 72.1. The molecule has 2 aliphatic heterocycles. The first-order valence-electron chi connectivity index (χ1n) is 38.8. The average molecular weight is 3470 g/mol. The summed E-state index contributed by atoms with van der Waals surface area (Å²) >= 11 is 0. The van der Waals surface area contributed by atoms with Gasteiger partial charge in [0.25, 0.3) is 0 Å². The number of aryl methyl sites for hydroxylation is 2. The minimum atomic E-state index is 0. The van der Waals surface area contributed by atoms with Crippen molar-refractivity contribution >= 4 is 132 Å². The van der Waals surface area contributed by atoms with Gasteiger partial charge < -0.3 is 110 Å². The number of fused-ring (bicyclic) bond motifs is 26. The zero-order valence-corrected chi connectivity index (χ0v) is 149. The summed E-state index contributed by atoms with van der Waals surface area (Å²) in [5.41, 5.74) is 16.3. The fraction of sp³-hybridized carbons (Fsp3) is 0.327. The molecule has 678 valence electrons. The molecule has 0 saturated heterocycles. The second-order valence-corrected chi connectivity index (χ2v) is 27.0. The van der Waals surface area contributed by atoms with Crippen molar-refractivity contribution in [1.82, 2.24) is 0 Å². The topological polar surface area (TPSA) is 97.3 Å². The van der Waals surface area contributed by atoms with Crippen molar-refractivity contribution in [2.75, 3.05) is 0 Å². The van der Waals surface area contributed by atoms with Gasteiger partial charge in [0.05, 0.1) is 0 Å². The monoisotopic (exact) mass is 3470 g/mol. The van der Waals surface area contributed by atoms with Gasteiger partial charge in [-0.05, 0) is 154 Å². The van der Waals surface area contributed by atoms with E-state index < -0.39 is 0 Å². The molecule has 0 bridgehead atoms. The summed E-state index contributed by atoms with van der Waals surface area (Å²) in [5, 5.41) is 13.9. The fourth-order valence-electron chi connectivity index (χ4n) is 15.2. The number of ether oxygens (including phenoxy) is 2. The van der Waals surface area contributed by atoms with E-state index in [9.17, 15) is 0 Å². The van der Waals surface area contributed by atoms with Crippen LogP contribution in [0.1, 0.15) is 209 Å². The van der Waals surface area contributed by atoms with E-state index in [1.54, 1.807) is 0 Å². The minimum Gasteiger partial charge on any atom is -0.489 e. The predicted octanol–water partition coefficient (Wildman–Crippen LogP) is 34.9. The van der Waals surface area contributed by atoms with E-state index in [4.69, 9.17) is 36.0 Å². The zero-order valence-electron chi connectivity index (χ0n) is 86.2. The normalized spacial score (nSPS) is 13.2. The van der Waals surface area contributed by atoms with Gasteiger partial charge in [-0.15, -0.1) is 0 Å². The van der Waals surface area contributed by atoms with Gasteiger partial charge in [-0.3, -0.25) is 0 Å². The molecule has 30 heteroatoms. The molecular weight excluding hydrogens is 3330 g/mol. The van der Waals surface area contributed by atoms with Crippen LogP contribution in [-0.2, 0) is 726 Å². The fourth-order valence-corrected chi connectivity index (χ4v) is 15.2. The third-order valence-corrected chi connectivity index (χ3v) is 19.9. The van der Waals surface area contributed by atoms with Crippen LogP contribution in [0.2, 0.25) is 0 Å². The molecule has 134 heavy (non-hydrogen) atoms. The molecule has 8 nitrogen and oxygen atoms in total. The van der Waals surface area contributed by atoms with Crippen LogP contribution < -0.4 is 9.47 Å². The summed E-state index contributed by atoms with van der Waals surface area (Å²) in [6.45, 7) is 33.7. The third kappa shape index (κ3) is 51.3. The second-order valence-electron chi connectivity index (χ2n) is 27.0. The first-order chi connectivity index (χ1) is 50.1. The van der Waals surface area contributed by atoms with Crippen LogP contribution in [0.25, 0.3) is 132 Å². The molecule has 0 amide bonds. The van der Waals surface area contributed by atoms with Crippen LogP contribution in [0.4, 0.5) is 0 Å². The largest absolute Gasteiger partial charge is 0.489 e. The minimum absolute atomic E-state index is 0. The summed E-state index contributed by atoms with van der Waals surface area (Å²) in [6, 6.07) is 62.7. The Balaban J connectivity index is -0.0000000553. The molecule has 0 spiro atoms. The van der Waals surface area contributed by atoms with E-state index in [1.807, 2.05) is 114 Å². The first kappa shape index (κ1) is 202. The molecule has 2 fully saturated rings. The van der Waals surface area contributed by atoms with Crippen LogP contribution in [0.15, 0.2) is 208 Å². The molecule has 10 aromatic carbocycles. The van der Waals surface area contributed by atoms with Crippen molar-refractivity contribution in [2.45, 2.75) is 212 Å². The summed E-state index contributed by atoms with van der Waals surface area (Å²) in [7, 11) is 0. The van der Waals surface area contributed by atoms with E-state index in [0.717, 1.165) is 140 Å². The molecule has 16 aromatic rings. The Morgan fingerprint density at radius 2 is 0.478 bits per heavy atom. The summed E-state index contributed by atoms with van der Waals surface area (Å²) < 4.78 is 48.7. The number of furan rings is 6. The average Bonchev–Trinajstić information content (AvgIpc) is 1.62. The van der Waals surface area contributed by atoms with Crippen molar-refractivity contribution in [3.8, 4) is 11.5 Å². The Bertz CT molecular complexity index is 5130. The first-order valence-corrected chi connectivity index (χ1v) is 38.8. The second kappa shape index (κ2) is 107. The molecule has 22 radical (unpaired) electrons. The third-order valence-electron chi connectivity index (χ3n) is 19.9. The van der Waals surface area contributed by atoms with Gasteiger partial charge in [-0.25, -0.2) is 0 Å². The van der Waals surface area contributed by atoms with Gasteiger partial charge in [-0.1, -0.05) is 226 Å². The number of rotatable bonds is 3. The van der Waals surface area contributed by atoms with E-state index in [0.29, 0.717) is 24.0 Å². The van der Waals surface area contributed by atoms with Gasteiger partial charge in [0.1, 0.15) is 68.4 Å². The number of hydrogen-bond donors (Lipinski definition) is 0. The molecular formula is C104H138O8Y22-10. The summed E-state index contributed by atoms with van der Waals surface area (Å²) in [4.78, 5) is 0. The van der Waals surface area contributed by atoms with Gasteiger partial charge in [0.15, 0.2) is 22.3 Å². The van der Waals surface area contributed by atoms with Gasteiger partial charge in [0.2, 0.25) is 0 Å². The van der Waals surface area contributed by atoms with E-state index in [-0.39, 0.29) is 794 Å². The molecule has 8 heterocycles. The van der Waals surface area contributed by atoms with Crippen LogP contribution in [0.5, 0.6) is 11.5 Å². The van der Waals surface area contributed by atoms with E-state index in [2.05, 4.69) is 178 Å². The molecule has 2 saturated carbocycles. The predicted molar refractivity (Wildman–Crippen MR) is 499 cm³/mol. The van der Waals surface area contributed by atoms with Crippen LogP contribution in [-0.4, -0.2) is 12.2 Å². The summed E-state index contributed by atoms with van der Waals surface area (Å²) in [6.07, 6.45) is 15.7. The van der Waals surface area contributed by atoms with E-state index in [1.165, 1.54) is 114 Å². The molecule has 20 rings (SSSR count). The SMILES string of the molecule is CC.CC.CC.CCC.CCC.CCC.CCC1CCC2Oc3cc4oc5ccc(C)cc5c4cc3C2C1.CCc1ccc2oc3cc4c(cc3c2c1)C1CC(CC)CCC1O4.[CH3-].[CH3-].[CH3-].[CH3-].[CH3-].[CH3-].[CH3-].[CH3-].[CH3-].[CH3-].[Y].[Y].[Y].[Y].[Y].[Y].[Y].[Y].[Y].[Y].[Y].[Y].[Y].[Y].[Y].[Y].[Y].[Y].[Y].[Y].[Y].[Y].c1ccc2c(c1)oc1c2ccc2c3ccccc3oc21.c1ccc2c(c1)oc1c2ccc2c3ccccc3oc21. The Kier molecular flexibility index (Phi) is 161. The maximum absolute atomic E-state index is 6.29. The van der Waals surface area contributed by atoms with Gasteiger partial charge in [-0.2, -0.15) is 0 Å². The van der Waals surface area contributed by atoms with E-state index >= 15 is 0 Å². The maximum Gasteiger partial charge on any atom is 0.178 e. The van der Waals surface area contributed by atoms with Crippen LogP contribution in [0.3, 0.4) is 0 Å². The Morgan fingerprint density at radius 1 is 0.239 bits per heavy atom. The van der Waals surface area contributed by atoms with Crippen molar-refractivity contribution in [1.29, 1.82) is 0 Å². The van der Waals surface area contributed by atoms with Crippen molar-refractivity contribution < 1.29 is 756 Å². The Morgan fingerprint density at radius 3 is 0.739 bits per heavy atom. The molecule has 6 unspecified atom stereocenters. The molecule has 4 aliphatic rings. The number of para-hydroxylation sites is 4. The molecule has 6 aromatic heterocycles. The molecule has 0 N–H and O–H groups in total. The standard InChI is InChI=1S/C22H24O2.C21H22O2.2C18H10O2.3C3H8.3C2H6.10CH3.22Y/c1-3-13-5-7-19-15(9-13)17-11-18-16-10-14(4-2)6-8-20(16)24-22(18)12-21(17)23-19;1-3-13-5-7-19-15(9-13)17-10-16-14-8-12(2)4-6-18(14)22-20(16)11-21(17)23-19;2*1-3-7-15-11(5-1)13-9-10-14-12-6-2-4-8-16(12)20-18(14)17(13)19-15;3*1-3-2;3*1-2;;;;;;;;;;;;;;;;;;;;;;;;;;;;;;;;/h5,7,9,11-12,14,16,20H,3-4,6,8,10H2,1-2H3;4,6,8,10-11,13,15,19H,3,5,7,9H2,1-2H3;2*1-10H;3*3H2,1-2H3;3*1-2H3;10*1H3;;;;;;;;;;;;;;;;;;;;;;/q;;;;;;;;;;10*-1;;;;;;;;;;;;;;;;;;;;;;. The van der Waals surface area contributed by atoms with Gasteiger partial charge >= 0.3 is 0 Å². The Labute approximate surface area is 1370 Å². The molecule has 6 atom stereocenters. The van der Waals surface area contributed by atoms with Crippen LogP contribution in [0, 0.1) is 93.0 Å². The van der Waals surface area contributed by atoms with Crippen molar-refractivity contribution in [2.24, 2.45) is 11.8 Å². The smallest absolute Gasteiger partial charge is 0.178 e. The number of benzene rings is 10. The Hall–Kier alpha value is 14.9. The van der Waals surface area contributed by atoms with Crippen LogP contribution >= 0.6 is 0 Å². The van der Waals surface area contributed by atoms with Crippen molar-refractivity contribution in [3.05, 3.63) is 279 Å². The summed E-state index contributed by atoms with van der Waals surface area (Å²) in [5.74, 6) is 4.96. The quantitative estimate of drug-likeness (QED) is 0.161. The number of hydrogen-bond acceptors (Lipinski definition) is 8.